The molecule has 0 bridgehead atoms. The van der Waals surface area contributed by atoms with Gasteiger partial charge in [0.15, 0.2) is 0 Å². The number of hydrogen-bond acceptors (Lipinski definition) is 4. The molecule has 6 heteroatoms. The smallest absolute Gasteiger partial charge is 0.290 e. The number of H-pyrrole nitrogens is 1. The van der Waals surface area contributed by atoms with Crippen LogP contribution in [0.25, 0.3) is 0 Å². The van der Waals surface area contributed by atoms with Crippen molar-refractivity contribution in [3.05, 3.63) is 34.0 Å². The molecular weight excluding hydrogens is 248 g/mol. The summed E-state index contributed by atoms with van der Waals surface area (Å²) in [5.74, 6) is 0.959. The maximum atomic E-state index is 11.8. The van der Waals surface area contributed by atoms with Crippen LogP contribution in [0.3, 0.4) is 0 Å². The maximum absolute atomic E-state index is 11.8. The Morgan fingerprint density at radius 1 is 1.56 bits per heavy atom. The van der Waals surface area contributed by atoms with E-state index in [1.807, 2.05) is 19.2 Å². The summed E-state index contributed by atoms with van der Waals surface area (Å²) in [6.07, 6.45) is 0.830. The average molecular weight is 264 g/mol. The maximum Gasteiger partial charge on any atom is 0.290 e. The normalized spacial score (nSPS) is 10.8. The fourth-order valence-electron chi connectivity index (χ4n) is 1.47. The Bertz CT molecular complexity index is 504. The van der Waals surface area contributed by atoms with Crippen LogP contribution in [-0.4, -0.2) is 27.6 Å². The largest absolute Gasteiger partial charge is 0.349 e. The third-order valence-electron chi connectivity index (χ3n) is 2.53. The van der Waals surface area contributed by atoms with Crippen molar-refractivity contribution in [2.24, 2.45) is 0 Å². The molecule has 2 aromatic heterocycles. The van der Waals surface area contributed by atoms with Gasteiger partial charge in [0.05, 0.1) is 0 Å². The molecule has 0 aliphatic rings. The fourth-order valence-corrected chi connectivity index (χ4v) is 2.17. The number of carbonyl (C=O) groups excluding carboxylic acids is 1. The lowest BCUT2D eigenvalue weighted by Gasteiger charge is -2.00. The van der Waals surface area contributed by atoms with E-state index in [-0.39, 0.29) is 17.6 Å². The SMILES string of the molecule is CC(C)c1nc(C(=O)NCCc2ccsc2)n[nH]1. The molecule has 0 radical (unpaired) electrons. The summed E-state index contributed by atoms with van der Waals surface area (Å²) in [7, 11) is 0. The first-order valence-electron chi connectivity index (χ1n) is 5.88. The lowest BCUT2D eigenvalue weighted by Crippen LogP contribution is -2.26. The number of carbonyl (C=O) groups is 1. The molecule has 2 aromatic rings. The van der Waals surface area contributed by atoms with Gasteiger partial charge in [-0.3, -0.25) is 9.89 Å². The topological polar surface area (TPSA) is 70.7 Å². The molecule has 0 fully saturated rings. The highest BCUT2D eigenvalue weighted by Crippen LogP contribution is 2.08. The zero-order chi connectivity index (χ0) is 13.0. The molecule has 96 valence electrons. The van der Waals surface area contributed by atoms with Crippen LogP contribution in [-0.2, 0) is 6.42 Å². The van der Waals surface area contributed by atoms with E-state index in [1.54, 1.807) is 11.3 Å². The number of nitrogens with zero attached hydrogens (tertiary/aromatic N) is 2. The van der Waals surface area contributed by atoms with E-state index in [0.717, 1.165) is 12.2 Å². The minimum absolute atomic E-state index is 0.212. The Hall–Kier alpha value is -1.69. The first kappa shape index (κ1) is 12.8. The van der Waals surface area contributed by atoms with Gasteiger partial charge in [-0.25, -0.2) is 4.98 Å². The van der Waals surface area contributed by atoms with Gasteiger partial charge in [-0.05, 0) is 28.8 Å². The van der Waals surface area contributed by atoms with Crippen molar-refractivity contribution >= 4 is 17.2 Å². The third-order valence-corrected chi connectivity index (χ3v) is 3.26. The van der Waals surface area contributed by atoms with Crippen molar-refractivity contribution in [3.63, 3.8) is 0 Å². The monoisotopic (exact) mass is 264 g/mol. The number of aromatic amines is 1. The van der Waals surface area contributed by atoms with Crippen LogP contribution in [0.15, 0.2) is 16.8 Å². The Morgan fingerprint density at radius 3 is 3.00 bits per heavy atom. The number of amides is 1. The van der Waals surface area contributed by atoms with Crippen LogP contribution in [0.1, 0.15) is 41.8 Å². The number of nitrogens with one attached hydrogen (secondary N) is 2. The van der Waals surface area contributed by atoms with E-state index in [4.69, 9.17) is 0 Å². The predicted octanol–water partition coefficient (Wildman–Crippen LogP) is 1.96. The molecular formula is C12H16N4OS. The predicted molar refractivity (Wildman–Crippen MR) is 70.8 cm³/mol. The number of thiophene rings is 1. The Morgan fingerprint density at radius 2 is 2.39 bits per heavy atom. The molecule has 0 aliphatic carbocycles. The van der Waals surface area contributed by atoms with Crippen molar-refractivity contribution < 1.29 is 4.79 Å². The highest BCUT2D eigenvalue weighted by molar-refractivity contribution is 7.07. The summed E-state index contributed by atoms with van der Waals surface area (Å²) in [5.41, 5.74) is 1.23. The minimum atomic E-state index is -0.228. The molecule has 0 unspecified atom stereocenters. The Balaban J connectivity index is 1.83. The first-order chi connectivity index (χ1) is 8.66. The number of rotatable bonds is 5. The minimum Gasteiger partial charge on any atom is -0.349 e. The summed E-state index contributed by atoms with van der Waals surface area (Å²) in [4.78, 5) is 15.9. The molecule has 5 nitrogen and oxygen atoms in total. The molecule has 0 atom stereocenters. The van der Waals surface area contributed by atoms with Gasteiger partial charge in [0.1, 0.15) is 5.82 Å². The third kappa shape index (κ3) is 3.16. The van der Waals surface area contributed by atoms with Crippen LogP contribution in [0.4, 0.5) is 0 Å². The second-order valence-electron chi connectivity index (χ2n) is 4.34. The van der Waals surface area contributed by atoms with Crippen LogP contribution >= 0.6 is 11.3 Å². The van der Waals surface area contributed by atoms with Gasteiger partial charge < -0.3 is 5.32 Å². The summed E-state index contributed by atoms with van der Waals surface area (Å²) in [5, 5.41) is 13.6. The van der Waals surface area contributed by atoms with Crippen molar-refractivity contribution in [3.8, 4) is 0 Å². The van der Waals surface area contributed by atoms with Gasteiger partial charge >= 0.3 is 0 Å². The molecule has 2 rings (SSSR count). The second kappa shape index (κ2) is 5.77. The van der Waals surface area contributed by atoms with E-state index in [0.29, 0.717) is 6.54 Å². The second-order valence-corrected chi connectivity index (χ2v) is 5.12. The number of aromatic nitrogens is 3. The zero-order valence-corrected chi connectivity index (χ0v) is 11.3. The molecule has 2 N–H and O–H groups in total. The molecule has 18 heavy (non-hydrogen) atoms. The quantitative estimate of drug-likeness (QED) is 0.867. The Labute approximate surface area is 110 Å². The van der Waals surface area contributed by atoms with E-state index in [1.165, 1.54) is 5.56 Å². The lowest BCUT2D eigenvalue weighted by atomic mass is 10.2. The average Bonchev–Trinajstić information content (AvgIpc) is 2.99. The van der Waals surface area contributed by atoms with Crippen LogP contribution in [0.2, 0.25) is 0 Å². The lowest BCUT2D eigenvalue weighted by molar-refractivity contribution is 0.0944. The number of hydrogen-bond donors (Lipinski definition) is 2. The van der Waals surface area contributed by atoms with Crippen molar-refractivity contribution in [1.29, 1.82) is 0 Å². The van der Waals surface area contributed by atoms with Gasteiger partial charge in [-0.1, -0.05) is 13.8 Å². The van der Waals surface area contributed by atoms with E-state index in [9.17, 15) is 4.79 Å². The fraction of sp³-hybridized carbons (Fsp3) is 0.417. The summed E-state index contributed by atoms with van der Waals surface area (Å²) in [6, 6.07) is 2.06. The van der Waals surface area contributed by atoms with Gasteiger partial charge in [-0.15, -0.1) is 5.10 Å². The summed E-state index contributed by atoms with van der Waals surface area (Å²) < 4.78 is 0. The molecule has 0 saturated heterocycles. The highest BCUT2D eigenvalue weighted by Gasteiger charge is 2.13. The molecule has 0 spiro atoms. The van der Waals surface area contributed by atoms with Crippen molar-refractivity contribution in [2.45, 2.75) is 26.2 Å². The van der Waals surface area contributed by atoms with Crippen LogP contribution in [0, 0.1) is 0 Å². The van der Waals surface area contributed by atoms with Crippen molar-refractivity contribution in [2.75, 3.05) is 6.54 Å². The van der Waals surface area contributed by atoms with E-state index >= 15 is 0 Å². The van der Waals surface area contributed by atoms with Gasteiger partial charge in [0.2, 0.25) is 5.82 Å². The first-order valence-corrected chi connectivity index (χ1v) is 6.82. The van der Waals surface area contributed by atoms with Crippen molar-refractivity contribution in [1.82, 2.24) is 20.5 Å². The summed E-state index contributed by atoms with van der Waals surface area (Å²) in [6.45, 7) is 4.60. The van der Waals surface area contributed by atoms with E-state index < -0.39 is 0 Å². The molecule has 0 saturated carbocycles. The molecule has 0 aliphatic heterocycles. The molecule has 2 heterocycles. The molecule has 1 amide bonds. The summed E-state index contributed by atoms with van der Waals surface area (Å²) >= 11 is 1.66. The zero-order valence-electron chi connectivity index (χ0n) is 10.4. The molecule has 0 aromatic carbocycles. The van der Waals surface area contributed by atoms with Crippen LogP contribution < -0.4 is 5.32 Å². The van der Waals surface area contributed by atoms with Gasteiger partial charge in [0.25, 0.3) is 5.91 Å². The van der Waals surface area contributed by atoms with Gasteiger partial charge in [-0.2, -0.15) is 11.3 Å². The van der Waals surface area contributed by atoms with E-state index in [2.05, 4.69) is 31.9 Å². The van der Waals surface area contributed by atoms with Crippen LogP contribution in [0.5, 0.6) is 0 Å². The Kier molecular flexibility index (Phi) is 4.09. The van der Waals surface area contributed by atoms with Gasteiger partial charge in [0, 0.05) is 12.5 Å². The standard InChI is InChI=1S/C12H16N4OS/c1-8(2)10-14-11(16-15-10)12(17)13-5-3-9-4-6-18-7-9/h4,6-8H,3,5H2,1-2H3,(H,13,17)(H,14,15,16). The highest BCUT2D eigenvalue weighted by atomic mass is 32.1.